The first-order chi connectivity index (χ1) is 9.76. The van der Waals surface area contributed by atoms with Crippen LogP contribution in [-0.2, 0) is 11.2 Å². The highest BCUT2D eigenvalue weighted by Gasteiger charge is 2.16. The van der Waals surface area contributed by atoms with Gasteiger partial charge in [0.05, 0.1) is 18.4 Å². The largest absolute Gasteiger partial charge is 0.465 e. The first kappa shape index (κ1) is 13.5. The van der Waals surface area contributed by atoms with Gasteiger partial charge in [-0.05, 0) is 30.7 Å². The van der Waals surface area contributed by atoms with Crippen molar-refractivity contribution in [3.05, 3.63) is 35.8 Å². The molecule has 2 aromatic heterocycles. The number of methoxy groups -OCH3 is 1. The van der Waals surface area contributed by atoms with E-state index in [0.717, 1.165) is 17.8 Å². The van der Waals surface area contributed by atoms with Crippen LogP contribution in [0.5, 0.6) is 0 Å². The number of hydrogen-bond donors (Lipinski definition) is 0. The summed E-state index contributed by atoms with van der Waals surface area (Å²) in [5.74, 6) is 0.954. The van der Waals surface area contributed by atoms with Crippen molar-refractivity contribution in [2.45, 2.75) is 30.9 Å². The Kier molecular flexibility index (Phi) is 3.96. The lowest BCUT2D eigenvalue weighted by atomic mass is 10.1. The molecule has 0 aromatic carbocycles. The quantitative estimate of drug-likeness (QED) is 0.815. The lowest BCUT2D eigenvalue weighted by molar-refractivity contribution is 0.0600. The predicted molar refractivity (Wildman–Crippen MR) is 80.3 cm³/mol. The van der Waals surface area contributed by atoms with E-state index in [1.54, 1.807) is 12.3 Å². The molecule has 1 saturated heterocycles. The number of imidazole rings is 1. The highest BCUT2D eigenvalue weighted by atomic mass is 32.2. The van der Waals surface area contributed by atoms with Crippen LogP contribution in [0.2, 0.25) is 0 Å². The number of fused-ring (bicyclic) bond motifs is 1. The lowest BCUT2D eigenvalue weighted by Gasteiger charge is -2.19. The number of nitrogens with zero attached hydrogens (tertiary/aromatic N) is 2. The van der Waals surface area contributed by atoms with Crippen LogP contribution >= 0.6 is 11.8 Å². The number of hydrogen-bond acceptors (Lipinski definition) is 4. The minimum Gasteiger partial charge on any atom is -0.465 e. The van der Waals surface area contributed by atoms with Crippen molar-refractivity contribution in [1.82, 2.24) is 9.38 Å². The summed E-state index contributed by atoms with van der Waals surface area (Å²) >= 11 is 2.06. The average Bonchev–Trinajstić information content (AvgIpc) is 2.88. The van der Waals surface area contributed by atoms with Crippen molar-refractivity contribution >= 4 is 23.4 Å². The van der Waals surface area contributed by atoms with Crippen LogP contribution < -0.4 is 0 Å². The molecule has 1 atom stereocenters. The van der Waals surface area contributed by atoms with Crippen LogP contribution in [0.3, 0.4) is 0 Å². The van der Waals surface area contributed by atoms with Gasteiger partial charge < -0.3 is 9.14 Å². The van der Waals surface area contributed by atoms with Gasteiger partial charge in [0.15, 0.2) is 0 Å². The third kappa shape index (κ3) is 2.82. The molecule has 0 bridgehead atoms. The molecule has 1 aliphatic rings. The summed E-state index contributed by atoms with van der Waals surface area (Å²) < 4.78 is 6.65. The molecule has 0 amide bonds. The SMILES string of the molecule is COC(=O)c1ccc2nc(CC3CCCCS3)cn2c1. The van der Waals surface area contributed by atoms with Gasteiger partial charge in [0.2, 0.25) is 0 Å². The first-order valence-corrected chi connectivity index (χ1v) is 7.98. The molecule has 20 heavy (non-hydrogen) atoms. The van der Waals surface area contributed by atoms with Crippen LogP contribution in [0.15, 0.2) is 24.5 Å². The number of esters is 1. The van der Waals surface area contributed by atoms with Gasteiger partial charge in [-0.3, -0.25) is 0 Å². The summed E-state index contributed by atoms with van der Waals surface area (Å²) in [5, 5.41) is 0.689. The van der Waals surface area contributed by atoms with Gasteiger partial charge in [0, 0.05) is 24.1 Å². The van der Waals surface area contributed by atoms with E-state index in [1.165, 1.54) is 32.1 Å². The van der Waals surface area contributed by atoms with E-state index < -0.39 is 0 Å². The molecule has 0 N–H and O–H groups in total. The maximum Gasteiger partial charge on any atom is 0.339 e. The monoisotopic (exact) mass is 290 g/mol. The topological polar surface area (TPSA) is 43.6 Å². The van der Waals surface area contributed by atoms with Gasteiger partial charge in [-0.25, -0.2) is 9.78 Å². The second-order valence-corrected chi connectivity index (χ2v) is 6.51. The van der Waals surface area contributed by atoms with Gasteiger partial charge in [0.25, 0.3) is 0 Å². The Hall–Kier alpha value is -1.49. The minimum atomic E-state index is -0.315. The predicted octanol–water partition coefficient (Wildman–Crippen LogP) is 2.95. The summed E-state index contributed by atoms with van der Waals surface area (Å²) in [7, 11) is 1.40. The Morgan fingerprint density at radius 3 is 3.10 bits per heavy atom. The van der Waals surface area contributed by atoms with E-state index in [0.29, 0.717) is 10.8 Å². The van der Waals surface area contributed by atoms with Gasteiger partial charge >= 0.3 is 5.97 Å². The fourth-order valence-electron chi connectivity index (χ4n) is 2.58. The third-order valence-electron chi connectivity index (χ3n) is 3.63. The summed E-state index contributed by atoms with van der Waals surface area (Å²) in [6.45, 7) is 0. The maximum absolute atomic E-state index is 11.5. The molecule has 0 spiro atoms. The van der Waals surface area contributed by atoms with Crippen LogP contribution in [0.4, 0.5) is 0 Å². The van der Waals surface area contributed by atoms with E-state index in [4.69, 9.17) is 4.74 Å². The Morgan fingerprint density at radius 1 is 1.45 bits per heavy atom. The van der Waals surface area contributed by atoms with Crippen molar-refractivity contribution in [3.63, 3.8) is 0 Å². The smallest absolute Gasteiger partial charge is 0.339 e. The molecule has 3 rings (SSSR count). The third-order valence-corrected chi connectivity index (χ3v) is 5.03. The molecule has 4 nitrogen and oxygen atoms in total. The fraction of sp³-hybridized carbons (Fsp3) is 0.467. The van der Waals surface area contributed by atoms with Crippen LogP contribution in [0.25, 0.3) is 5.65 Å². The fourth-order valence-corrected chi connectivity index (χ4v) is 3.91. The Bertz CT molecular complexity index is 617. The van der Waals surface area contributed by atoms with Crippen molar-refractivity contribution in [2.24, 2.45) is 0 Å². The minimum absolute atomic E-state index is 0.315. The highest BCUT2D eigenvalue weighted by molar-refractivity contribution is 7.99. The van der Waals surface area contributed by atoms with Crippen LogP contribution in [-0.4, -0.2) is 33.5 Å². The molecule has 0 radical (unpaired) electrons. The van der Waals surface area contributed by atoms with Crippen LogP contribution in [0, 0.1) is 0 Å². The zero-order chi connectivity index (χ0) is 13.9. The molecule has 0 aliphatic carbocycles. The number of thioether (sulfide) groups is 1. The molecule has 0 saturated carbocycles. The van der Waals surface area contributed by atoms with Crippen molar-refractivity contribution in [1.29, 1.82) is 0 Å². The number of rotatable bonds is 3. The normalized spacial score (nSPS) is 19.1. The van der Waals surface area contributed by atoms with E-state index in [1.807, 2.05) is 16.7 Å². The molecular weight excluding hydrogens is 272 g/mol. The molecular formula is C15H18N2O2S. The number of carbonyl (C=O) groups is 1. The lowest BCUT2D eigenvalue weighted by Crippen LogP contribution is -2.12. The number of carbonyl (C=O) groups excluding carboxylic acids is 1. The Morgan fingerprint density at radius 2 is 2.35 bits per heavy atom. The van der Waals surface area contributed by atoms with Gasteiger partial charge in [-0.1, -0.05) is 6.42 Å². The zero-order valence-corrected chi connectivity index (χ0v) is 12.4. The molecule has 1 unspecified atom stereocenters. The number of aromatic nitrogens is 2. The van der Waals surface area contributed by atoms with E-state index in [9.17, 15) is 4.79 Å². The second kappa shape index (κ2) is 5.87. The van der Waals surface area contributed by atoms with E-state index >= 15 is 0 Å². The molecule has 3 heterocycles. The van der Waals surface area contributed by atoms with Gasteiger partial charge in [-0.15, -0.1) is 0 Å². The zero-order valence-electron chi connectivity index (χ0n) is 11.5. The summed E-state index contributed by atoms with van der Waals surface area (Å²) in [5.41, 5.74) is 2.54. The molecule has 106 valence electrons. The molecule has 1 aliphatic heterocycles. The summed E-state index contributed by atoms with van der Waals surface area (Å²) in [4.78, 5) is 16.2. The second-order valence-electron chi connectivity index (χ2n) is 5.10. The van der Waals surface area contributed by atoms with E-state index in [-0.39, 0.29) is 5.97 Å². The maximum atomic E-state index is 11.5. The Labute approximate surface area is 122 Å². The van der Waals surface area contributed by atoms with Crippen molar-refractivity contribution in [2.75, 3.05) is 12.9 Å². The summed E-state index contributed by atoms with van der Waals surface area (Å²) in [6.07, 6.45) is 8.78. The van der Waals surface area contributed by atoms with Crippen molar-refractivity contribution < 1.29 is 9.53 Å². The first-order valence-electron chi connectivity index (χ1n) is 6.94. The standard InChI is InChI=1S/C15H18N2O2S/c1-19-15(18)11-5-6-14-16-12(10-17(14)9-11)8-13-4-2-3-7-20-13/h5-6,9-10,13H,2-4,7-8H2,1H3. The molecule has 1 fully saturated rings. The average molecular weight is 290 g/mol. The number of pyridine rings is 1. The van der Waals surface area contributed by atoms with Gasteiger partial charge in [0.1, 0.15) is 5.65 Å². The van der Waals surface area contributed by atoms with Crippen LogP contribution in [0.1, 0.15) is 35.3 Å². The highest BCUT2D eigenvalue weighted by Crippen LogP contribution is 2.27. The summed E-state index contributed by atoms with van der Waals surface area (Å²) in [6, 6.07) is 3.62. The van der Waals surface area contributed by atoms with Gasteiger partial charge in [-0.2, -0.15) is 11.8 Å². The number of ether oxygens (including phenoxy) is 1. The molecule has 5 heteroatoms. The van der Waals surface area contributed by atoms with E-state index in [2.05, 4.69) is 16.7 Å². The van der Waals surface area contributed by atoms with Crippen molar-refractivity contribution in [3.8, 4) is 0 Å². The Balaban J connectivity index is 1.81. The molecule has 2 aromatic rings.